The Morgan fingerprint density at radius 3 is 2.50 bits per heavy atom. The number of carbonyl (C=O) groups is 2. The summed E-state index contributed by atoms with van der Waals surface area (Å²) in [5, 5.41) is 7.55. The Hall–Kier alpha value is -1.36. The monoisotopic (exact) mass is 294 g/mol. The van der Waals surface area contributed by atoms with Crippen LogP contribution in [0.25, 0.3) is 0 Å². The second-order valence-electron chi connectivity index (χ2n) is 5.27. The minimum absolute atomic E-state index is 0.0627. The van der Waals surface area contributed by atoms with Crippen molar-refractivity contribution in [3.8, 4) is 0 Å². The highest BCUT2D eigenvalue weighted by atomic mass is 32.1. The summed E-state index contributed by atoms with van der Waals surface area (Å²) in [7, 11) is 0. The molecule has 2 amide bonds. The van der Waals surface area contributed by atoms with Gasteiger partial charge in [-0.1, -0.05) is 38.2 Å². The lowest BCUT2D eigenvalue weighted by atomic mass is 9.97. The summed E-state index contributed by atoms with van der Waals surface area (Å²) in [5.41, 5.74) is 0. The van der Waals surface area contributed by atoms with Crippen LogP contribution < -0.4 is 10.6 Å². The maximum absolute atomic E-state index is 11.9. The van der Waals surface area contributed by atoms with Gasteiger partial charge >= 0.3 is 0 Å². The van der Waals surface area contributed by atoms with Gasteiger partial charge in [0.2, 0.25) is 5.91 Å². The summed E-state index contributed by atoms with van der Waals surface area (Å²) < 4.78 is 0. The van der Waals surface area contributed by atoms with Crippen LogP contribution in [0.4, 0.5) is 0 Å². The molecule has 1 fully saturated rings. The van der Waals surface area contributed by atoms with Crippen LogP contribution in [0.2, 0.25) is 0 Å². The highest BCUT2D eigenvalue weighted by molar-refractivity contribution is 7.12. The Morgan fingerprint density at radius 1 is 1.15 bits per heavy atom. The van der Waals surface area contributed by atoms with Gasteiger partial charge < -0.3 is 10.6 Å². The van der Waals surface area contributed by atoms with Crippen molar-refractivity contribution in [2.75, 3.05) is 6.54 Å². The van der Waals surface area contributed by atoms with Gasteiger partial charge in [-0.15, -0.1) is 11.3 Å². The molecule has 4 nitrogen and oxygen atoms in total. The highest BCUT2D eigenvalue weighted by Crippen LogP contribution is 2.16. The summed E-state index contributed by atoms with van der Waals surface area (Å²) in [4.78, 5) is 24.2. The minimum Gasteiger partial charge on any atom is -0.352 e. The van der Waals surface area contributed by atoms with Crippen molar-refractivity contribution < 1.29 is 9.59 Å². The fourth-order valence-electron chi connectivity index (χ4n) is 2.53. The zero-order valence-corrected chi connectivity index (χ0v) is 12.5. The molecule has 1 saturated carbocycles. The molecule has 20 heavy (non-hydrogen) atoms. The number of hydrogen-bond acceptors (Lipinski definition) is 3. The van der Waals surface area contributed by atoms with E-state index < -0.39 is 0 Å². The van der Waals surface area contributed by atoms with Gasteiger partial charge in [-0.05, 0) is 24.3 Å². The predicted octanol–water partition coefficient (Wildman–Crippen LogP) is 2.71. The van der Waals surface area contributed by atoms with Crippen molar-refractivity contribution in [3.63, 3.8) is 0 Å². The largest absolute Gasteiger partial charge is 0.352 e. The predicted molar refractivity (Wildman–Crippen MR) is 80.9 cm³/mol. The number of thiophene rings is 1. The first-order valence-corrected chi connectivity index (χ1v) is 8.25. The second kappa shape index (κ2) is 8.04. The molecule has 0 radical (unpaired) electrons. The Kier molecular flexibility index (Phi) is 6.05. The number of nitrogens with one attached hydrogen (secondary N) is 2. The van der Waals surface area contributed by atoms with Crippen molar-refractivity contribution in [3.05, 3.63) is 22.4 Å². The van der Waals surface area contributed by atoms with E-state index in [1.807, 2.05) is 11.4 Å². The molecule has 0 unspecified atom stereocenters. The zero-order chi connectivity index (χ0) is 14.2. The van der Waals surface area contributed by atoms with Crippen LogP contribution in [0.15, 0.2) is 17.5 Å². The molecule has 1 aromatic rings. The molecule has 1 aliphatic rings. The lowest BCUT2D eigenvalue weighted by Crippen LogP contribution is -2.42. The van der Waals surface area contributed by atoms with Crippen LogP contribution in [-0.4, -0.2) is 24.4 Å². The van der Waals surface area contributed by atoms with Crippen LogP contribution in [0.3, 0.4) is 0 Å². The molecule has 5 heteroatoms. The topological polar surface area (TPSA) is 58.2 Å². The van der Waals surface area contributed by atoms with Crippen LogP contribution in [0.5, 0.6) is 0 Å². The van der Waals surface area contributed by atoms with Gasteiger partial charge in [0.05, 0.1) is 11.4 Å². The van der Waals surface area contributed by atoms with E-state index in [9.17, 15) is 9.59 Å². The first-order valence-electron chi connectivity index (χ1n) is 7.37. The quantitative estimate of drug-likeness (QED) is 0.897. The average molecular weight is 294 g/mol. The van der Waals surface area contributed by atoms with E-state index in [4.69, 9.17) is 0 Å². The first-order chi connectivity index (χ1) is 9.75. The van der Waals surface area contributed by atoms with Gasteiger partial charge in [0.15, 0.2) is 0 Å². The number of carbonyl (C=O) groups excluding carboxylic acids is 2. The Labute approximate surface area is 124 Å². The van der Waals surface area contributed by atoms with Gasteiger partial charge in [0.25, 0.3) is 5.91 Å². The Bertz CT molecular complexity index is 423. The molecule has 110 valence electrons. The molecule has 2 N–H and O–H groups in total. The third-order valence-corrected chi connectivity index (χ3v) is 4.49. The number of rotatable bonds is 4. The third kappa shape index (κ3) is 4.96. The maximum Gasteiger partial charge on any atom is 0.261 e. The van der Waals surface area contributed by atoms with E-state index in [2.05, 4.69) is 10.6 Å². The lowest BCUT2D eigenvalue weighted by molar-refractivity contribution is -0.120. The molecule has 0 spiro atoms. The van der Waals surface area contributed by atoms with E-state index in [-0.39, 0.29) is 24.4 Å². The number of hydrogen-bond donors (Lipinski definition) is 2. The molecular weight excluding hydrogens is 272 g/mol. The van der Waals surface area contributed by atoms with Crippen LogP contribution in [0, 0.1) is 0 Å². The zero-order valence-electron chi connectivity index (χ0n) is 11.7. The maximum atomic E-state index is 11.9. The fraction of sp³-hybridized carbons (Fsp3) is 0.600. The minimum atomic E-state index is -0.173. The molecule has 1 aromatic heterocycles. The van der Waals surface area contributed by atoms with Crippen LogP contribution >= 0.6 is 11.3 Å². The van der Waals surface area contributed by atoms with Gasteiger partial charge in [-0.25, -0.2) is 0 Å². The molecule has 0 aliphatic heterocycles. The van der Waals surface area contributed by atoms with Crippen molar-refractivity contribution in [1.29, 1.82) is 0 Å². The van der Waals surface area contributed by atoms with Crippen molar-refractivity contribution >= 4 is 23.2 Å². The standard InChI is InChI=1S/C15H22N2O2S/c18-14(11-16-15(19)13-9-6-10-20-13)17-12-7-4-2-1-3-5-8-12/h6,9-10,12H,1-5,7-8,11H2,(H,16,19)(H,17,18). The SMILES string of the molecule is O=C(CNC(=O)c1cccs1)NC1CCCCCCC1. The normalized spacial score (nSPS) is 17.0. The van der Waals surface area contributed by atoms with Gasteiger partial charge in [0, 0.05) is 6.04 Å². The van der Waals surface area contributed by atoms with E-state index >= 15 is 0 Å². The van der Waals surface area contributed by atoms with Crippen LogP contribution in [-0.2, 0) is 4.79 Å². The number of amides is 2. The van der Waals surface area contributed by atoms with Gasteiger partial charge in [-0.3, -0.25) is 9.59 Å². The Balaban J connectivity index is 1.70. The van der Waals surface area contributed by atoms with E-state index in [0.29, 0.717) is 4.88 Å². The van der Waals surface area contributed by atoms with Crippen LogP contribution in [0.1, 0.15) is 54.6 Å². The molecule has 2 rings (SSSR count). The molecular formula is C15H22N2O2S. The highest BCUT2D eigenvalue weighted by Gasteiger charge is 2.15. The van der Waals surface area contributed by atoms with Crippen molar-refractivity contribution in [1.82, 2.24) is 10.6 Å². The smallest absolute Gasteiger partial charge is 0.261 e. The van der Waals surface area contributed by atoms with E-state index in [1.165, 1.54) is 43.4 Å². The molecule has 1 aliphatic carbocycles. The van der Waals surface area contributed by atoms with E-state index in [0.717, 1.165) is 12.8 Å². The van der Waals surface area contributed by atoms with Gasteiger partial charge in [-0.2, -0.15) is 0 Å². The van der Waals surface area contributed by atoms with Gasteiger partial charge in [0.1, 0.15) is 0 Å². The fourth-order valence-corrected chi connectivity index (χ4v) is 3.17. The molecule has 0 aromatic carbocycles. The summed E-state index contributed by atoms with van der Waals surface area (Å²) >= 11 is 1.38. The first kappa shape index (κ1) is 15.0. The summed E-state index contributed by atoms with van der Waals surface area (Å²) in [5.74, 6) is -0.256. The summed E-state index contributed by atoms with van der Waals surface area (Å²) in [6.07, 6.45) is 8.34. The second-order valence-corrected chi connectivity index (χ2v) is 6.22. The summed E-state index contributed by atoms with van der Waals surface area (Å²) in [6.45, 7) is 0.0627. The molecule has 0 bridgehead atoms. The van der Waals surface area contributed by atoms with Crippen molar-refractivity contribution in [2.45, 2.75) is 51.0 Å². The lowest BCUT2D eigenvalue weighted by Gasteiger charge is -2.21. The third-order valence-electron chi connectivity index (χ3n) is 3.62. The van der Waals surface area contributed by atoms with Crippen molar-refractivity contribution in [2.24, 2.45) is 0 Å². The molecule has 0 atom stereocenters. The molecule has 0 saturated heterocycles. The van der Waals surface area contributed by atoms with E-state index in [1.54, 1.807) is 6.07 Å². The Morgan fingerprint density at radius 2 is 1.85 bits per heavy atom. The summed E-state index contributed by atoms with van der Waals surface area (Å²) in [6, 6.07) is 3.86. The average Bonchev–Trinajstić information content (AvgIpc) is 2.93. The molecule has 1 heterocycles.